The summed E-state index contributed by atoms with van der Waals surface area (Å²) in [6.07, 6.45) is 1.80. The number of thiophene rings is 1. The molecule has 6 heteroatoms. The molecule has 0 unspecified atom stereocenters. The van der Waals surface area contributed by atoms with E-state index in [2.05, 4.69) is 11.9 Å². The van der Waals surface area contributed by atoms with E-state index in [1.165, 1.54) is 11.3 Å². The SMILES string of the molecule is C=C(C)CNc1sc(C(=O)C2CC2)c(N)c1C(=O)OCC. The molecule has 0 aliphatic heterocycles. The summed E-state index contributed by atoms with van der Waals surface area (Å²) >= 11 is 1.23. The van der Waals surface area contributed by atoms with Crippen LogP contribution in [0.5, 0.6) is 0 Å². The Labute approximate surface area is 128 Å². The number of hydrogen-bond donors (Lipinski definition) is 2. The van der Waals surface area contributed by atoms with Crippen molar-refractivity contribution in [2.24, 2.45) is 5.92 Å². The Morgan fingerprint density at radius 1 is 1.48 bits per heavy atom. The molecule has 0 saturated heterocycles. The first-order valence-electron chi connectivity index (χ1n) is 6.97. The minimum Gasteiger partial charge on any atom is -0.462 e. The fourth-order valence-corrected chi connectivity index (χ4v) is 3.04. The Hall–Kier alpha value is -1.82. The number of nitrogens with two attached hydrogens (primary N) is 1. The zero-order chi connectivity index (χ0) is 15.6. The molecule has 2 rings (SSSR count). The molecule has 1 saturated carbocycles. The number of anilines is 2. The lowest BCUT2D eigenvalue weighted by Gasteiger charge is -2.07. The van der Waals surface area contributed by atoms with Gasteiger partial charge in [0.1, 0.15) is 10.6 Å². The van der Waals surface area contributed by atoms with Crippen molar-refractivity contribution >= 4 is 33.8 Å². The van der Waals surface area contributed by atoms with E-state index in [1.807, 2.05) is 6.92 Å². The van der Waals surface area contributed by atoms with Gasteiger partial charge < -0.3 is 15.8 Å². The second kappa shape index (κ2) is 6.30. The fourth-order valence-electron chi connectivity index (χ4n) is 1.92. The van der Waals surface area contributed by atoms with Crippen LogP contribution in [0, 0.1) is 5.92 Å². The maximum atomic E-state index is 12.2. The molecule has 1 aliphatic carbocycles. The number of esters is 1. The number of carbonyl (C=O) groups is 2. The number of nitrogen functional groups attached to an aromatic ring is 1. The minimum absolute atomic E-state index is 0.0337. The van der Waals surface area contributed by atoms with Gasteiger partial charge in [-0.1, -0.05) is 12.2 Å². The molecule has 1 heterocycles. The van der Waals surface area contributed by atoms with E-state index in [1.54, 1.807) is 6.92 Å². The summed E-state index contributed by atoms with van der Waals surface area (Å²) in [7, 11) is 0. The number of Topliss-reactive ketones (excluding diaryl/α,β-unsaturated/α-hetero) is 1. The van der Waals surface area contributed by atoms with E-state index in [0.717, 1.165) is 18.4 Å². The smallest absolute Gasteiger partial charge is 0.343 e. The average molecular weight is 308 g/mol. The summed E-state index contributed by atoms with van der Waals surface area (Å²) in [5.41, 5.74) is 7.46. The molecule has 0 radical (unpaired) electrons. The van der Waals surface area contributed by atoms with Gasteiger partial charge in [0, 0.05) is 12.5 Å². The molecular weight excluding hydrogens is 288 g/mol. The number of carbonyl (C=O) groups excluding carboxylic acids is 2. The predicted molar refractivity (Wildman–Crippen MR) is 85.0 cm³/mol. The number of hydrogen-bond acceptors (Lipinski definition) is 6. The zero-order valence-corrected chi connectivity index (χ0v) is 13.1. The van der Waals surface area contributed by atoms with Gasteiger partial charge in [0.2, 0.25) is 0 Å². The highest BCUT2D eigenvalue weighted by Gasteiger charge is 2.35. The van der Waals surface area contributed by atoms with Gasteiger partial charge in [-0.3, -0.25) is 4.79 Å². The molecule has 1 fully saturated rings. The van der Waals surface area contributed by atoms with Crippen LogP contribution in [-0.4, -0.2) is 24.9 Å². The van der Waals surface area contributed by atoms with Gasteiger partial charge in [-0.25, -0.2) is 4.79 Å². The molecule has 5 nitrogen and oxygen atoms in total. The predicted octanol–water partition coefficient (Wildman–Crippen LogP) is 3.09. The third-order valence-corrected chi connectivity index (χ3v) is 4.33. The third-order valence-electron chi connectivity index (χ3n) is 3.15. The molecule has 1 aliphatic rings. The van der Waals surface area contributed by atoms with E-state index >= 15 is 0 Å². The fraction of sp³-hybridized carbons (Fsp3) is 0.467. The summed E-state index contributed by atoms with van der Waals surface area (Å²) in [6.45, 7) is 8.21. The van der Waals surface area contributed by atoms with Crippen LogP contribution in [0.4, 0.5) is 10.7 Å². The van der Waals surface area contributed by atoms with Crippen molar-refractivity contribution in [2.45, 2.75) is 26.7 Å². The molecule has 1 aromatic heterocycles. The Morgan fingerprint density at radius 2 is 2.14 bits per heavy atom. The second-order valence-electron chi connectivity index (χ2n) is 5.22. The van der Waals surface area contributed by atoms with Crippen molar-refractivity contribution in [3.05, 3.63) is 22.6 Å². The Bertz CT molecular complexity index is 588. The number of ether oxygens (including phenoxy) is 1. The third kappa shape index (κ3) is 3.44. The molecule has 0 spiro atoms. The van der Waals surface area contributed by atoms with Crippen LogP contribution in [0.15, 0.2) is 12.2 Å². The summed E-state index contributed by atoms with van der Waals surface area (Å²) in [5.74, 6) is -0.397. The van der Waals surface area contributed by atoms with Crippen molar-refractivity contribution < 1.29 is 14.3 Å². The maximum Gasteiger partial charge on any atom is 0.343 e. The van der Waals surface area contributed by atoms with Crippen molar-refractivity contribution in [1.82, 2.24) is 0 Å². The van der Waals surface area contributed by atoms with Gasteiger partial charge in [-0.15, -0.1) is 11.3 Å². The first-order valence-corrected chi connectivity index (χ1v) is 7.79. The zero-order valence-electron chi connectivity index (χ0n) is 12.3. The van der Waals surface area contributed by atoms with Crippen LogP contribution in [-0.2, 0) is 4.74 Å². The van der Waals surface area contributed by atoms with Crippen molar-refractivity contribution in [1.29, 1.82) is 0 Å². The normalized spacial score (nSPS) is 13.8. The standard InChI is InChI=1S/C15H20N2O3S/c1-4-20-15(19)10-11(16)13(12(18)9-5-6-9)21-14(10)17-7-8(2)3/h9,17H,2,4-7,16H2,1,3H3. The Morgan fingerprint density at radius 3 is 2.67 bits per heavy atom. The van der Waals surface area contributed by atoms with E-state index in [4.69, 9.17) is 10.5 Å². The topological polar surface area (TPSA) is 81.4 Å². The van der Waals surface area contributed by atoms with Gasteiger partial charge in [-0.05, 0) is 26.7 Å². The molecule has 0 atom stereocenters. The summed E-state index contributed by atoms with van der Waals surface area (Å²) in [4.78, 5) is 24.8. The first kappa shape index (κ1) is 15.6. The van der Waals surface area contributed by atoms with Crippen molar-refractivity contribution in [2.75, 3.05) is 24.2 Å². The average Bonchev–Trinajstić information content (AvgIpc) is 3.20. The van der Waals surface area contributed by atoms with E-state index in [9.17, 15) is 9.59 Å². The lowest BCUT2D eigenvalue weighted by molar-refractivity contribution is 0.0529. The van der Waals surface area contributed by atoms with Crippen LogP contribution < -0.4 is 11.1 Å². The van der Waals surface area contributed by atoms with Gasteiger partial charge in [0.05, 0.1) is 17.2 Å². The molecule has 0 aromatic carbocycles. The van der Waals surface area contributed by atoms with E-state index < -0.39 is 5.97 Å². The lowest BCUT2D eigenvalue weighted by atomic mass is 10.1. The molecule has 0 bridgehead atoms. The van der Waals surface area contributed by atoms with Crippen LogP contribution in [0.25, 0.3) is 0 Å². The monoisotopic (exact) mass is 308 g/mol. The quantitative estimate of drug-likeness (QED) is 0.459. The first-order chi connectivity index (χ1) is 9.95. The van der Waals surface area contributed by atoms with E-state index in [-0.39, 0.29) is 29.6 Å². The maximum absolute atomic E-state index is 12.2. The van der Waals surface area contributed by atoms with Crippen molar-refractivity contribution in [3.63, 3.8) is 0 Å². The molecular formula is C15H20N2O3S. The number of nitrogens with one attached hydrogen (secondary N) is 1. The highest BCUT2D eigenvalue weighted by atomic mass is 32.1. The molecule has 1 aromatic rings. The van der Waals surface area contributed by atoms with E-state index in [0.29, 0.717) is 16.4 Å². The highest BCUT2D eigenvalue weighted by molar-refractivity contribution is 7.19. The molecule has 3 N–H and O–H groups in total. The summed E-state index contributed by atoms with van der Waals surface area (Å²) in [6, 6.07) is 0. The Kier molecular flexibility index (Phi) is 4.67. The van der Waals surface area contributed by atoms with Gasteiger partial charge in [-0.2, -0.15) is 0 Å². The molecule has 21 heavy (non-hydrogen) atoms. The van der Waals surface area contributed by atoms with Crippen LogP contribution in [0.3, 0.4) is 0 Å². The number of ketones is 1. The van der Waals surface area contributed by atoms with Gasteiger partial charge in [0.15, 0.2) is 5.78 Å². The van der Waals surface area contributed by atoms with Crippen LogP contribution in [0.1, 0.15) is 46.7 Å². The van der Waals surface area contributed by atoms with Gasteiger partial charge >= 0.3 is 5.97 Å². The molecule has 114 valence electrons. The second-order valence-corrected chi connectivity index (χ2v) is 6.24. The summed E-state index contributed by atoms with van der Waals surface area (Å²) in [5, 5.41) is 3.69. The lowest BCUT2D eigenvalue weighted by Crippen LogP contribution is -2.11. The van der Waals surface area contributed by atoms with Crippen molar-refractivity contribution in [3.8, 4) is 0 Å². The van der Waals surface area contributed by atoms with Gasteiger partial charge in [0.25, 0.3) is 0 Å². The summed E-state index contributed by atoms with van der Waals surface area (Å²) < 4.78 is 5.04. The Balaban J connectivity index is 2.35. The highest BCUT2D eigenvalue weighted by Crippen LogP contribution is 2.42. The van der Waals surface area contributed by atoms with Crippen LogP contribution >= 0.6 is 11.3 Å². The largest absolute Gasteiger partial charge is 0.462 e. The molecule has 0 amide bonds. The van der Waals surface area contributed by atoms with Crippen LogP contribution in [0.2, 0.25) is 0 Å². The minimum atomic E-state index is -0.495. The number of rotatable bonds is 7.